The van der Waals surface area contributed by atoms with Crippen molar-refractivity contribution in [3.8, 4) is 0 Å². The molecule has 6 heteroatoms. The normalized spacial score (nSPS) is 21.6. The van der Waals surface area contributed by atoms with Crippen LogP contribution in [0.4, 0.5) is 0 Å². The van der Waals surface area contributed by atoms with Gasteiger partial charge in [-0.25, -0.2) is 0 Å². The van der Waals surface area contributed by atoms with Gasteiger partial charge in [-0.15, -0.1) is 0 Å². The van der Waals surface area contributed by atoms with Crippen molar-refractivity contribution in [2.45, 2.75) is 18.5 Å². The number of nitrogens with one attached hydrogen (secondary N) is 2. The number of aromatic nitrogens is 2. The molecule has 0 aliphatic carbocycles. The fourth-order valence-electron chi connectivity index (χ4n) is 2.75. The van der Waals surface area contributed by atoms with Crippen LogP contribution in [0, 0.1) is 0 Å². The number of aliphatic hydroxyl groups is 1. The van der Waals surface area contributed by atoms with Crippen LogP contribution in [0.3, 0.4) is 0 Å². The number of hydrogen-bond donors (Lipinski definition) is 3. The van der Waals surface area contributed by atoms with E-state index in [9.17, 15) is 0 Å². The first kappa shape index (κ1) is 14.0. The van der Waals surface area contributed by atoms with E-state index in [0.29, 0.717) is 11.5 Å². The Bertz CT molecular complexity index is 587. The number of rotatable bonds is 5. The molecule has 0 saturated carbocycles. The molecular formula is C15H18N4OS. The van der Waals surface area contributed by atoms with Gasteiger partial charge in [0.2, 0.25) is 0 Å². The van der Waals surface area contributed by atoms with Gasteiger partial charge in [-0.1, -0.05) is 6.07 Å². The summed E-state index contributed by atoms with van der Waals surface area (Å²) in [7, 11) is 0. The highest BCUT2D eigenvalue weighted by atomic mass is 32.1. The third kappa shape index (κ3) is 2.77. The fourth-order valence-corrected chi connectivity index (χ4v) is 3.09. The molecule has 3 heterocycles. The number of thiocarbonyl (C=S) groups is 1. The van der Waals surface area contributed by atoms with Crippen LogP contribution in [-0.2, 0) is 0 Å². The van der Waals surface area contributed by atoms with Crippen molar-refractivity contribution in [3.05, 3.63) is 54.1 Å². The Morgan fingerprint density at radius 3 is 2.86 bits per heavy atom. The number of pyridine rings is 1. The molecule has 3 N–H and O–H groups in total. The maximum atomic E-state index is 9.10. The minimum Gasteiger partial charge on any atom is -0.396 e. The van der Waals surface area contributed by atoms with Crippen molar-refractivity contribution in [1.82, 2.24) is 20.2 Å². The molecule has 110 valence electrons. The van der Waals surface area contributed by atoms with Crippen LogP contribution in [0.5, 0.6) is 0 Å². The van der Waals surface area contributed by atoms with Crippen molar-refractivity contribution in [2.24, 2.45) is 0 Å². The summed E-state index contributed by atoms with van der Waals surface area (Å²) in [4.78, 5) is 9.85. The highest BCUT2D eigenvalue weighted by Gasteiger charge is 2.39. The zero-order valence-corrected chi connectivity index (χ0v) is 12.4. The molecule has 0 bridgehead atoms. The molecule has 21 heavy (non-hydrogen) atoms. The first-order chi connectivity index (χ1) is 10.3. The molecule has 2 aromatic rings. The molecule has 0 amide bonds. The van der Waals surface area contributed by atoms with Gasteiger partial charge in [0, 0.05) is 31.2 Å². The van der Waals surface area contributed by atoms with Gasteiger partial charge in [-0.05, 0) is 42.9 Å². The third-order valence-electron chi connectivity index (χ3n) is 3.70. The highest BCUT2D eigenvalue weighted by Crippen LogP contribution is 2.37. The van der Waals surface area contributed by atoms with E-state index in [1.165, 1.54) is 0 Å². The van der Waals surface area contributed by atoms with E-state index in [0.717, 1.165) is 17.9 Å². The summed E-state index contributed by atoms with van der Waals surface area (Å²) in [5, 5.41) is 13.2. The van der Waals surface area contributed by atoms with Crippen LogP contribution in [0.1, 0.15) is 29.9 Å². The summed E-state index contributed by atoms with van der Waals surface area (Å²) in [6, 6.07) is 10.0. The van der Waals surface area contributed by atoms with E-state index in [-0.39, 0.29) is 18.7 Å². The molecule has 1 aliphatic heterocycles. The van der Waals surface area contributed by atoms with E-state index in [1.54, 1.807) is 6.20 Å². The average molecular weight is 302 g/mol. The second-order valence-electron chi connectivity index (χ2n) is 5.02. The quantitative estimate of drug-likeness (QED) is 0.735. The van der Waals surface area contributed by atoms with E-state index in [4.69, 9.17) is 17.3 Å². The van der Waals surface area contributed by atoms with Crippen molar-refractivity contribution >= 4 is 17.3 Å². The smallest absolute Gasteiger partial charge is 0.170 e. The Labute approximate surface area is 129 Å². The summed E-state index contributed by atoms with van der Waals surface area (Å²) in [5.41, 5.74) is 2.06. The van der Waals surface area contributed by atoms with Gasteiger partial charge in [-0.2, -0.15) is 0 Å². The molecule has 1 saturated heterocycles. The third-order valence-corrected chi connectivity index (χ3v) is 4.05. The summed E-state index contributed by atoms with van der Waals surface area (Å²) in [6.45, 7) is 0.875. The molecule has 0 unspecified atom stereocenters. The summed E-state index contributed by atoms with van der Waals surface area (Å²) < 4.78 is 0. The molecule has 0 radical (unpaired) electrons. The van der Waals surface area contributed by atoms with Gasteiger partial charge < -0.3 is 20.3 Å². The molecule has 1 aliphatic rings. The van der Waals surface area contributed by atoms with Crippen LogP contribution in [0.15, 0.2) is 42.7 Å². The first-order valence-electron chi connectivity index (χ1n) is 7.03. The number of H-pyrrole nitrogens is 1. The van der Waals surface area contributed by atoms with Gasteiger partial charge in [0.05, 0.1) is 17.8 Å². The predicted octanol–water partition coefficient (Wildman–Crippen LogP) is 1.76. The van der Waals surface area contributed by atoms with Crippen LogP contribution < -0.4 is 5.32 Å². The number of nitrogens with zero attached hydrogens (tertiary/aromatic N) is 2. The Morgan fingerprint density at radius 1 is 1.29 bits per heavy atom. The molecule has 5 nitrogen and oxygen atoms in total. The second kappa shape index (κ2) is 6.24. The summed E-state index contributed by atoms with van der Waals surface area (Å²) in [5.74, 6) is 0. The van der Waals surface area contributed by atoms with Crippen molar-refractivity contribution in [3.63, 3.8) is 0 Å². The van der Waals surface area contributed by atoms with Crippen molar-refractivity contribution < 1.29 is 5.11 Å². The molecule has 1 fully saturated rings. The maximum absolute atomic E-state index is 9.10. The lowest BCUT2D eigenvalue weighted by Crippen LogP contribution is -2.31. The van der Waals surface area contributed by atoms with E-state index < -0.39 is 0 Å². The van der Waals surface area contributed by atoms with Crippen molar-refractivity contribution in [2.75, 3.05) is 13.2 Å². The SMILES string of the molecule is OCCCN1C(=S)N[C@@H](c2ccccn2)[C@@H]1c1ccc[nH]1. The molecule has 2 aromatic heterocycles. The number of hydrogen-bond acceptors (Lipinski definition) is 3. The van der Waals surface area contributed by atoms with Gasteiger partial charge >= 0.3 is 0 Å². The predicted molar refractivity (Wildman–Crippen MR) is 84.7 cm³/mol. The zero-order valence-electron chi connectivity index (χ0n) is 11.6. The van der Waals surface area contributed by atoms with Crippen molar-refractivity contribution in [1.29, 1.82) is 0 Å². The standard InChI is InChI=1S/C15H18N4OS/c20-10-4-9-19-14(12-6-3-8-17-12)13(18-15(19)21)11-5-1-2-7-16-11/h1-3,5-8,13-14,17,20H,4,9-10H2,(H,18,21)/t13-,14-/m0/s1. The second-order valence-corrected chi connectivity index (χ2v) is 5.41. The van der Waals surface area contributed by atoms with Gasteiger partial charge in [0.15, 0.2) is 5.11 Å². The monoisotopic (exact) mass is 302 g/mol. The van der Waals surface area contributed by atoms with Gasteiger partial charge in [0.25, 0.3) is 0 Å². The highest BCUT2D eigenvalue weighted by molar-refractivity contribution is 7.80. The topological polar surface area (TPSA) is 64.2 Å². The largest absolute Gasteiger partial charge is 0.396 e. The van der Waals surface area contributed by atoms with Gasteiger partial charge in [0.1, 0.15) is 0 Å². The van der Waals surface area contributed by atoms with Crippen LogP contribution in [-0.4, -0.2) is 38.2 Å². The lowest BCUT2D eigenvalue weighted by molar-refractivity contribution is 0.246. The number of aromatic amines is 1. The van der Waals surface area contributed by atoms with Crippen LogP contribution in [0.25, 0.3) is 0 Å². The minimum atomic E-state index is 0.0102. The molecule has 2 atom stereocenters. The Morgan fingerprint density at radius 2 is 2.19 bits per heavy atom. The first-order valence-corrected chi connectivity index (χ1v) is 7.44. The molecule has 3 rings (SSSR count). The fraction of sp³-hybridized carbons (Fsp3) is 0.333. The summed E-state index contributed by atoms with van der Waals surface area (Å²) >= 11 is 5.47. The Balaban J connectivity index is 1.94. The van der Waals surface area contributed by atoms with E-state index in [2.05, 4.69) is 26.3 Å². The van der Waals surface area contributed by atoms with Gasteiger partial charge in [-0.3, -0.25) is 4.98 Å². The lowest BCUT2D eigenvalue weighted by Gasteiger charge is -2.26. The Kier molecular flexibility index (Phi) is 4.17. The minimum absolute atomic E-state index is 0.0102. The van der Waals surface area contributed by atoms with Crippen LogP contribution >= 0.6 is 12.2 Å². The molecule has 0 aromatic carbocycles. The summed E-state index contributed by atoms with van der Waals surface area (Å²) in [6.07, 6.45) is 4.40. The maximum Gasteiger partial charge on any atom is 0.170 e. The zero-order chi connectivity index (χ0) is 14.7. The number of aliphatic hydroxyl groups excluding tert-OH is 1. The van der Waals surface area contributed by atoms with E-state index >= 15 is 0 Å². The molecule has 0 spiro atoms. The molecular weight excluding hydrogens is 284 g/mol. The van der Waals surface area contributed by atoms with Crippen LogP contribution in [0.2, 0.25) is 0 Å². The van der Waals surface area contributed by atoms with E-state index in [1.807, 2.05) is 30.5 Å². The Hall–Kier alpha value is -1.92. The lowest BCUT2D eigenvalue weighted by atomic mass is 10.0. The average Bonchev–Trinajstić information content (AvgIpc) is 3.13.